The molecule has 0 saturated carbocycles. The number of hydrogen-bond acceptors (Lipinski definition) is 5. The highest BCUT2D eigenvalue weighted by Gasteiger charge is 2.38. The van der Waals surface area contributed by atoms with Gasteiger partial charge in [-0.2, -0.15) is 10.4 Å². The molecule has 42 heavy (non-hydrogen) atoms. The largest absolute Gasteiger partial charge is 0.272 e. The van der Waals surface area contributed by atoms with Gasteiger partial charge in [-0.15, -0.1) is 11.8 Å². The van der Waals surface area contributed by atoms with E-state index in [1.807, 2.05) is 90.8 Å². The third-order valence-corrected chi connectivity index (χ3v) is 8.50. The third kappa shape index (κ3) is 5.86. The molecule has 2 amide bonds. The Kier molecular flexibility index (Phi) is 8.85. The Labute approximate surface area is 251 Å². The molecule has 1 atom stereocenters. The van der Waals surface area contributed by atoms with Gasteiger partial charge in [-0.25, -0.2) is 4.68 Å². The zero-order chi connectivity index (χ0) is 29.6. The predicted molar refractivity (Wildman–Crippen MR) is 168 cm³/mol. The monoisotopic (exact) mass is 572 g/mol. The average Bonchev–Trinajstić information content (AvgIpc) is 3.45. The van der Waals surface area contributed by atoms with Crippen LogP contribution in [-0.2, 0) is 9.59 Å². The Morgan fingerprint density at radius 1 is 0.952 bits per heavy atom. The minimum Gasteiger partial charge on any atom is -0.269 e. The minimum atomic E-state index is -0.579. The number of unbranched alkanes of at least 4 members (excludes halogenated alkanes) is 1. The summed E-state index contributed by atoms with van der Waals surface area (Å²) in [7, 11) is 0. The van der Waals surface area contributed by atoms with E-state index in [-0.39, 0.29) is 5.57 Å². The first-order valence-corrected chi connectivity index (χ1v) is 15.1. The average molecular weight is 573 g/mol. The molecule has 1 aliphatic heterocycles. The lowest BCUT2D eigenvalue weighted by Gasteiger charge is -2.32. The molecule has 6 nitrogen and oxygen atoms in total. The molecule has 1 unspecified atom stereocenters. The first-order valence-electron chi connectivity index (χ1n) is 14.1. The van der Waals surface area contributed by atoms with Crippen LogP contribution in [0.25, 0.3) is 23.0 Å². The number of para-hydroxylation sites is 1. The van der Waals surface area contributed by atoms with Gasteiger partial charge in [-0.1, -0.05) is 74.0 Å². The highest BCUT2D eigenvalue weighted by molar-refractivity contribution is 7.99. The van der Waals surface area contributed by atoms with Crippen molar-refractivity contribution in [2.24, 2.45) is 0 Å². The number of benzene rings is 3. The summed E-state index contributed by atoms with van der Waals surface area (Å²) < 4.78 is 1.79. The minimum absolute atomic E-state index is 0.0333. The Bertz CT molecular complexity index is 1700. The molecule has 1 aliphatic rings. The van der Waals surface area contributed by atoms with Crippen molar-refractivity contribution in [1.29, 1.82) is 5.26 Å². The van der Waals surface area contributed by atoms with Crippen LogP contribution >= 0.6 is 11.8 Å². The van der Waals surface area contributed by atoms with Crippen LogP contribution in [0.2, 0.25) is 0 Å². The van der Waals surface area contributed by atoms with E-state index < -0.39 is 17.9 Å². The van der Waals surface area contributed by atoms with Crippen LogP contribution in [0.15, 0.2) is 113 Å². The molecule has 0 aliphatic carbocycles. The highest BCUT2D eigenvalue weighted by atomic mass is 32.2. The molecule has 2 heterocycles. The summed E-state index contributed by atoms with van der Waals surface area (Å²) >= 11 is 1.83. The van der Waals surface area contributed by atoms with Gasteiger partial charge in [0, 0.05) is 27.8 Å². The molecule has 0 saturated heterocycles. The molecular weight excluding hydrogens is 540 g/mol. The van der Waals surface area contributed by atoms with Gasteiger partial charge in [0.15, 0.2) is 0 Å². The van der Waals surface area contributed by atoms with Crippen LogP contribution in [-0.4, -0.2) is 32.2 Å². The molecule has 0 radical (unpaired) electrons. The molecule has 0 bridgehead atoms. The van der Waals surface area contributed by atoms with Crippen LogP contribution in [0, 0.1) is 11.3 Å². The van der Waals surface area contributed by atoms with Crippen LogP contribution in [0.4, 0.5) is 0 Å². The Morgan fingerprint density at radius 2 is 1.62 bits per heavy atom. The number of carbonyl (C=O) groups is 2. The lowest BCUT2D eigenvalue weighted by molar-refractivity contribution is -0.143. The summed E-state index contributed by atoms with van der Waals surface area (Å²) in [6.07, 6.45) is 5.97. The fourth-order valence-electron chi connectivity index (χ4n) is 4.96. The number of carbonyl (C=O) groups excluding carboxylic acids is 2. The molecular formula is C35H32N4O2S. The number of hydrogen-bond donors (Lipinski definition) is 0. The fourth-order valence-corrected chi connectivity index (χ4v) is 5.96. The van der Waals surface area contributed by atoms with Gasteiger partial charge in [0.1, 0.15) is 11.6 Å². The number of imide groups is 1. The molecule has 0 fully saturated rings. The van der Waals surface area contributed by atoms with E-state index in [1.54, 1.807) is 24.6 Å². The van der Waals surface area contributed by atoms with Gasteiger partial charge in [0.2, 0.25) is 0 Å². The number of nitriles is 1. The number of nitrogens with zero attached hydrogens (tertiary/aromatic N) is 4. The summed E-state index contributed by atoms with van der Waals surface area (Å²) in [4.78, 5) is 29.7. The Morgan fingerprint density at radius 3 is 2.26 bits per heavy atom. The zero-order valence-corrected chi connectivity index (χ0v) is 24.8. The number of rotatable bonds is 9. The Balaban J connectivity index is 1.61. The molecule has 4 aromatic rings. The van der Waals surface area contributed by atoms with E-state index in [9.17, 15) is 14.9 Å². The quantitative estimate of drug-likeness (QED) is 0.0885. The van der Waals surface area contributed by atoms with Crippen molar-refractivity contribution in [3.8, 4) is 23.0 Å². The van der Waals surface area contributed by atoms with Crippen LogP contribution < -0.4 is 0 Å². The fraction of sp³-hybridized carbons (Fsp3) is 0.200. The van der Waals surface area contributed by atoms with E-state index in [0.29, 0.717) is 22.4 Å². The van der Waals surface area contributed by atoms with Crippen molar-refractivity contribution >= 4 is 29.7 Å². The summed E-state index contributed by atoms with van der Waals surface area (Å²) in [5.41, 5.74) is 4.65. The molecule has 0 spiro atoms. The number of thioether (sulfide) groups is 1. The molecule has 7 heteroatoms. The second-order valence-corrected chi connectivity index (χ2v) is 11.3. The second kappa shape index (κ2) is 12.9. The highest BCUT2D eigenvalue weighted by Crippen LogP contribution is 2.35. The van der Waals surface area contributed by atoms with Crippen molar-refractivity contribution in [3.05, 3.63) is 119 Å². The maximum absolute atomic E-state index is 14.0. The first-order chi connectivity index (χ1) is 20.4. The standard InChI is InChI=1S/C35H32N4O2S/c1-4-5-20-42-30-18-16-27(17-19-30)33-28(23-38(37-33)29-14-10-7-11-15-29)21-31-24(2)32(22-36)35(41)39(34(31)40)25(3)26-12-8-6-9-13-26/h6-19,21,23,25H,4-5,20H2,1-3H3/b31-21+. The van der Waals surface area contributed by atoms with Crippen molar-refractivity contribution in [3.63, 3.8) is 0 Å². The lowest BCUT2D eigenvalue weighted by atomic mass is 9.91. The molecule has 1 aromatic heterocycles. The van der Waals surface area contributed by atoms with Gasteiger partial charge in [0.25, 0.3) is 11.8 Å². The van der Waals surface area contributed by atoms with Crippen molar-refractivity contribution in [2.45, 2.75) is 44.6 Å². The maximum atomic E-state index is 14.0. The van der Waals surface area contributed by atoms with E-state index in [2.05, 4.69) is 25.1 Å². The summed E-state index contributed by atoms with van der Waals surface area (Å²) in [5, 5.41) is 14.9. The van der Waals surface area contributed by atoms with Gasteiger partial charge in [-0.05, 0) is 67.5 Å². The maximum Gasteiger partial charge on any atom is 0.272 e. The smallest absolute Gasteiger partial charge is 0.269 e. The van der Waals surface area contributed by atoms with E-state index in [1.165, 1.54) is 16.2 Å². The topological polar surface area (TPSA) is 79.0 Å². The van der Waals surface area contributed by atoms with Crippen LogP contribution in [0.5, 0.6) is 0 Å². The van der Waals surface area contributed by atoms with Gasteiger partial charge >= 0.3 is 0 Å². The van der Waals surface area contributed by atoms with E-state index in [0.717, 1.165) is 29.0 Å². The molecule has 0 N–H and O–H groups in total. The number of aromatic nitrogens is 2. The van der Waals surface area contributed by atoms with Crippen molar-refractivity contribution in [2.75, 3.05) is 5.75 Å². The normalized spacial score (nSPS) is 15.3. The summed E-state index contributed by atoms with van der Waals surface area (Å²) in [6, 6.07) is 28.9. The van der Waals surface area contributed by atoms with Gasteiger partial charge in [-0.3, -0.25) is 14.5 Å². The second-order valence-electron chi connectivity index (χ2n) is 10.2. The van der Waals surface area contributed by atoms with Gasteiger partial charge < -0.3 is 0 Å². The molecule has 210 valence electrons. The van der Waals surface area contributed by atoms with Crippen molar-refractivity contribution < 1.29 is 9.59 Å². The van der Waals surface area contributed by atoms with Gasteiger partial charge in [0.05, 0.1) is 17.4 Å². The van der Waals surface area contributed by atoms with E-state index >= 15 is 0 Å². The third-order valence-electron chi connectivity index (χ3n) is 7.40. The van der Waals surface area contributed by atoms with Crippen LogP contribution in [0.1, 0.15) is 50.8 Å². The molecule has 3 aromatic carbocycles. The van der Waals surface area contributed by atoms with Crippen LogP contribution in [0.3, 0.4) is 0 Å². The summed E-state index contributed by atoms with van der Waals surface area (Å²) in [5.74, 6) is 0.0558. The van der Waals surface area contributed by atoms with Crippen molar-refractivity contribution in [1.82, 2.24) is 14.7 Å². The zero-order valence-electron chi connectivity index (χ0n) is 23.9. The Hall–Kier alpha value is -4.67. The summed E-state index contributed by atoms with van der Waals surface area (Å²) in [6.45, 7) is 5.65. The first kappa shape index (κ1) is 28.8. The predicted octanol–water partition coefficient (Wildman–Crippen LogP) is 7.78. The molecule has 5 rings (SSSR count). The van der Waals surface area contributed by atoms with E-state index in [4.69, 9.17) is 5.10 Å². The lowest BCUT2D eigenvalue weighted by Crippen LogP contribution is -2.44. The number of amides is 2. The SMILES string of the molecule is CCCCSc1ccc(-c2nn(-c3ccccc3)cc2/C=C2/C(=O)N(C(C)c3ccccc3)C(=O)C(C#N)=C2C)cc1.